The standard InChI is InChI=1S/C15H20BrNO3/c1-17-15(12-4-2-5-18-12)10-8-13-14(9-11(10)16)20-7-3-6-19-13/h8-9,12,15,17H,2-7H2,1H3. The molecule has 2 atom stereocenters. The lowest BCUT2D eigenvalue weighted by molar-refractivity contribution is 0.0805. The van der Waals surface area contributed by atoms with Crippen LogP contribution in [0, 0.1) is 0 Å². The Bertz CT molecular complexity index is 474. The monoisotopic (exact) mass is 341 g/mol. The SMILES string of the molecule is CNC(c1cc2c(cc1Br)OCCCO2)C1CCCO1. The maximum Gasteiger partial charge on any atom is 0.162 e. The van der Waals surface area contributed by atoms with E-state index in [4.69, 9.17) is 14.2 Å². The van der Waals surface area contributed by atoms with E-state index in [1.807, 2.05) is 13.1 Å². The van der Waals surface area contributed by atoms with Crippen LogP contribution in [0.1, 0.15) is 30.9 Å². The van der Waals surface area contributed by atoms with Gasteiger partial charge in [-0.15, -0.1) is 0 Å². The van der Waals surface area contributed by atoms with Crippen molar-refractivity contribution < 1.29 is 14.2 Å². The summed E-state index contributed by atoms with van der Waals surface area (Å²) in [4.78, 5) is 0. The highest BCUT2D eigenvalue weighted by Crippen LogP contribution is 2.39. The van der Waals surface area contributed by atoms with E-state index in [1.165, 1.54) is 5.56 Å². The molecule has 0 amide bonds. The molecule has 2 aliphatic rings. The Hall–Kier alpha value is -0.780. The fourth-order valence-corrected chi connectivity index (χ4v) is 3.41. The molecule has 0 aliphatic carbocycles. The molecule has 2 heterocycles. The van der Waals surface area contributed by atoms with Crippen LogP contribution < -0.4 is 14.8 Å². The molecule has 0 aromatic heterocycles. The highest BCUT2D eigenvalue weighted by molar-refractivity contribution is 9.10. The Balaban J connectivity index is 1.93. The molecule has 2 unspecified atom stereocenters. The van der Waals surface area contributed by atoms with Crippen molar-refractivity contribution in [1.82, 2.24) is 5.32 Å². The number of fused-ring (bicyclic) bond motifs is 1. The van der Waals surface area contributed by atoms with E-state index >= 15 is 0 Å². The average molecular weight is 342 g/mol. The first-order valence-corrected chi connectivity index (χ1v) is 7.97. The number of hydrogen-bond acceptors (Lipinski definition) is 4. The van der Waals surface area contributed by atoms with Crippen LogP contribution in [0.25, 0.3) is 0 Å². The third kappa shape index (κ3) is 2.80. The normalized spacial score (nSPS) is 23.4. The van der Waals surface area contributed by atoms with Gasteiger partial charge in [0, 0.05) is 17.5 Å². The van der Waals surface area contributed by atoms with Crippen LogP contribution in [-0.4, -0.2) is 33.0 Å². The third-order valence-corrected chi connectivity index (χ3v) is 4.54. The molecule has 0 saturated carbocycles. The lowest BCUT2D eigenvalue weighted by atomic mass is 9.99. The van der Waals surface area contributed by atoms with Crippen LogP contribution in [0.5, 0.6) is 11.5 Å². The molecular weight excluding hydrogens is 322 g/mol. The number of ether oxygens (including phenoxy) is 3. The molecule has 1 aromatic rings. The van der Waals surface area contributed by atoms with E-state index in [1.54, 1.807) is 0 Å². The average Bonchev–Trinajstić information content (AvgIpc) is 2.87. The summed E-state index contributed by atoms with van der Waals surface area (Å²) in [6.07, 6.45) is 3.36. The minimum atomic E-state index is 0.170. The first-order valence-electron chi connectivity index (χ1n) is 7.17. The predicted molar refractivity (Wildman–Crippen MR) is 80.5 cm³/mol. The Kier molecular flexibility index (Phi) is 4.48. The van der Waals surface area contributed by atoms with Gasteiger partial charge >= 0.3 is 0 Å². The molecule has 1 fully saturated rings. The van der Waals surface area contributed by atoms with Gasteiger partial charge in [0.2, 0.25) is 0 Å². The van der Waals surface area contributed by atoms with Crippen molar-refractivity contribution in [2.75, 3.05) is 26.9 Å². The molecule has 1 aromatic carbocycles. The summed E-state index contributed by atoms with van der Waals surface area (Å²) in [5.74, 6) is 1.65. The second kappa shape index (κ2) is 6.33. The van der Waals surface area contributed by atoms with Gasteiger partial charge in [0.25, 0.3) is 0 Å². The number of rotatable bonds is 3. The quantitative estimate of drug-likeness (QED) is 0.917. The first kappa shape index (κ1) is 14.2. The molecule has 0 radical (unpaired) electrons. The molecule has 1 N–H and O–H groups in total. The summed E-state index contributed by atoms with van der Waals surface area (Å²) in [6.45, 7) is 2.27. The minimum Gasteiger partial charge on any atom is -0.490 e. The van der Waals surface area contributed by atoms with Crippen LogP contribution in [0.15, 0.2) is 16.6 Å². The fourth-order valence-electron chi connectivity index (χ4n) is 2.85. The van der Waals surface area contributed by atoms with E-state index in [0.717, 1.165) is 41.8 Å². The molecule has 5 heteroatoms. The zero-order chi connectivity index (χ0) is 13.9. The Labute approximate surface area is 127 Å². The van der Waals surface area contributed by atoms with Crippen molar-refractivity contribution in [1.29, 1.82) is 0 Å². The van der Waals surface area contributed by atoms with Crippen LogP contribution in [0.3, 0.4) is 0 Å². The van der Waals surface area contributed by atoms with E-state index in [0.29, 0.717) is 13.2 Å². The highest BCUT2D eigenvalue weighted by atomic mass is 79.9. The van der Waals surface area contributed by atoms with E-state index in [2.05, 4.69) is 27.3 Å². The Morgan fingerprint density at radius 2 is 1.90 bits per heavy atom. The Morgan fingerprint density at radius 1 is 1.15 bits per heavy atom. The zero-order valence-electron chi connectivity index (χ0n) is 11.7. The van der Waals surface area contributed by atoms with Crippen LogP contribution in [0.4, 0.5) is 0 Å². The van der Waals surface area contributed by atoms with Crippen LogP contribution in [-0.2, 0) is 4.74 Å². The fraction of sp³-hybridized carbons (Fsp3) is 0.600. The van der Waals surface area contributed by atoms with Crippen molar-refractivity contribution in [3.05, 3.63) is 22.2 Å². The van der Waals surface area contributed by atoms with Crippen molar-refractivity contribution in [3.8, 4) is 11.5 Å². The van der Waals surface area contributed by atoms with Gasteiger partial charge in [-0.25, -0.2) is 0 Å². The Morgan fingerprint density at radius 3 is 2.55 bits per heavy atom. The lowest BCUT2D eigenvalue weighted by Gasteiger charge is -2.25. The second-order valence-electron chi connectivity index (χ2n) is 5.19. The maximum absolute atomic E-state index is 5.83. The van der Waals surface area contributed by atoms with Gasteiger partial charge in [-0.1, -0.05) is 15.9 Å². The molecular formula is C15H20BrNO3. The van der Waals surface area contributed by atoms with Gasteiger partial charge in [0.05, 0.1) is 25.4 Å². The van der Waals surface area contributed by atoms with Crippen molar-refractivity contribution in [3.63, 3.8) is 0 Å². The van der Waals surface area contributed by atoms with Gasteiger partial charge in [-0.3, -0.25) is 0 Å². The van der Waals surface area contributed by atoms with Gasteiger partial charge in [-0.2, -0.15) is 0 Å². The summed E-state index contributed by atoms with van der Waals surface area (Å²) in [6, 6.07) is 4.26. The molecule has 1 saturated heterocycles. The topological polar surface area (TPSA) is 39.7 Å². The first-order chi connectivity index (χ1) is 9.79. The summed E-state index contributed by atoms with van der Waals surface area (Å²) in [5, 5.41) is 3.37. The van der Waals surface area contributed by atoms with Gasteiger partial charge in [0.15, 0.2) is 11.5 Å². The molecule has 4 nitrogen and oxygen atoms in total. The van der Waals surface area contributed by atoms with Gasteiger partial charge in [0.1, 0.15) is 0 Å². The highest BCUT2D eigenvalue weighted by Gasteiger charge is 2.29. The smallest absolute Gasteiger partial charge is 0.162 e. The number of halogens is 1. The molecule has 3 rings (SSSR count). The zero-order valence-corrected chi connectivity index (χ0v) is 13.2. The molecule has 110 valence electrons. The van der Waals surface area contributed by atoms with E-state index in [9.17, 15) is 0 Å². The summed E-state index contributed by atoms with van der Waals surface area (Å²) in [7, 11) is 1.97. The maximum atomic E-state index is 5.83. The van der Waals surface area contributed by atoms with E-state index < -0.39 is 0 Å². The summed E-state index contributed by atoms with van der Waals surface area (Å²) < 4.78 is 18.4. The minimum absolute atomic E-state index is 0.170. The van der Waals surface area contributed by atoms with Gasteiger partial charge < -0.3 is 19.5 Å². The van der Waals surface area contributed by atoms with Crippen molar-refractivity contribution in [2.45, 2.75) is 31.4 Å². The summed E-state index contributed by atoms with van der Waals surface area (Å²) in [5.41, 5.74) is 1.17. The number of likely N-dealkylation sites (N-methyl/N-ethyl adjacent to an activating group) is 1. The van der Waals surface area contributed by atoms with Crippen molar-refractivity contribution in [2.24, 2.45) is 0 Å². The van der Waals surface area contributed by atoms with Crippen LogP contribution >= 0.6 is 15.9 Å². The number of hydrogen-bond donors (Lipinski definition) is 1. The summed E-state index contributed by atoms with van der Waals surface area (Å²) >= 11 is 3.66. The van der Waals surface area contributed by atoms with E-state index in [-0.39, 0.29) is 12.1 Å². The molecule has 20 heavy (non-hydrogen) atoms. The third-order valence-electron chi connectivity index (χ3n) is 3.85. The lowest BCUT2D eigenvalue weighted by Crippen LogP contribution is -2.29. The second-order valence-corrected chi connectivity index (χ2v) is 6.04. The predicted octanol–water partition coefficient (Wildman–Crippen LogP) is 3.05. The van der Waals surface area contributed by atoms with Crippen LogP contribution in [0.2, 0.25) is 0 Å². The number of nitrogens with one attached hydrogen (secondary N) is 1. The van der Waals surface area contributed by atoms with Crippen molar-refractivity contribution >= 4 is 15.9 Å². The molecule has 0 spiro atoms. The number of benzene rings is 1. The largest absolute Gasteiger partial charge is 0.490 e. The van der Waals surface area contributed by atoms with Gasteiger partial charge in [-0.05, 0) is 37.6 Å². The molecule has 2 aliphatic heterocycles. The molecule has 0 bridgehead atoms.